The lowest BCUT2D eigenvalue weighted by Gasteiger charge is -2.33. The predicted octanol–water partition coefficient (Wildman–Crippen LogP) is 0.322. The molecule has 1 aliphatic rings. The molecule has 10 heteroatoms. The minimum atomic E-state index is -0.799. The van der Waals surface area contributed by atoms with Gasteiger partial charge in [0.1, 0.15) is 17.2 Å². The fourth-order valence-electron chi connectivity index (χ4n) is 3.97. The van der Waals surface area contributed by atoms with E-state index < -0.39 is 34.8 Å². The molecule has 0 spiro atoms. The third-order valence-electron chi connectivity index (χ3n) is 5.64. The minimum absolute atomic E-state index is 0.0170. The number of hydrogen-bond acceptors (Lipinski definition) is 6. The van der Waals surface area contributed by atoms with Gasteiger partial charge in [-0.25, -0.2) is 9.18 Å². The van der Waals surface area contributed by atoms with Crippen molar-refractivity contribution in [3.05, 3.63) is 62.0 Å². The van der Waals surface area contributed by atoms with E-state index in [2.05, 4.69) is 0 Å². The van der Waals surface area contributed by atoms with Crippen molar-refractivity contribution in [3.63, 3.8) is 0 Å². The zero-order valence-electron chi connectivity index (χ0n) is 17.3. The highest BCUT2D eigenvalue weighted by Gasteiger charge is 2.31. The molecule has 1 atom stereocenters. The van der Waals surface area contributed by atoms with Gasteiger partial charge < -0.3 is 11.5 Å². The Morgan fingerprint density at radius 1 is 1.16 bits per heavy atom. The van der Waals surface area contributed by atoms with Gasteiger partial charge in [-0.1, -0.05) is 24.6 Å². The van der Waals surface area contributed by atoms with Crippen LogP contribution in [0.4, 0.5) is 10.2 Å². The maximum absolute atomic E-state index is 14.1. The molecule has 4 N–H and O–H groups in total. The van der Waals surface area contributed by atoms with Crippen LogP contribution in [0.5, 0.6) is 0 Å². The maximum Gasteiger partial charge on any atom is 0.332 e. The van der Waals surface area contributed by atoms with E-state index in [-0.39, 0.29) is 36.6 Å². The number of ketones is 1. The van der Waals surface area contributed by atoms with Crippen LogP contribution in [0, 0.1) is 5.82 Å². The van der Waals surface area contributed by atoms with Crippen LogP contribution < -0.4 is 22.7 Å². The van der Waals surface area contributed by atoms with Crippen LogP contribution in [0.15, 0.2) is 33.9 Å². The SMILES string of the molecule is CCn1c(=O)c(C(=O)CN2CCCC[C@@H]2C(N)=O)c(N)n(Cc2ccccc2F)c1=O. The molecule has 0 bridgehead atoms. The number of nitrogens with two attached hydrogens (primary N) is 2. The highest BCUT2D eigenvalue weighted by atomic mass is 19.1. The molecule has 1 aliphatic heterocycles. The number of Topliss-reactive ketones (excluding diaryl/α,β-unsaturated/α-hetero) is 1. The lowest BCUT2D eigenvalue weighted by Crippen LogP contribution is -2.51. The second kappa shape index (κ2) is 9.25. The largest absolute Gasteiger partial charge is 0.384 e. The number of hydrogen-bond donors (Lipinski definition) is 2. The number of benzene rings is 1. The molecule has 1 fully saturated rings. The third-order valence-corrected chi connectivity index (χ3v) is 5.64. The first kappa shape index (κ1) is 22.4. The molecule has 31 heavy (non-hydrogen) atoms. The Morgan fingerprint density at radius 3 is 2.52 bits per heavy atom. The average Bonchev–Trinajstić information content (AvgIpc) is 2.73. The van der Waals surface area contributed by atoms with Crippen molar-refractivity contribution in [2.24, 2.45) is 5.73 Å². The number of anilines is 1. The van der Waals surface area contributed by atoms with Crippen LogP contribution in [0.2, 0.25) is 0 Å². The molecule has 0 aliphatic carbocycles. The first-order valence-corrected chi connectivity index (χ1v) is 10.2. The number of primary amides is 1. The van der Waals surface area contributed by atoms with E-state index in [4.69, 9.17) is 11.5 Å². The van der Waals surface area contributed by atoms with Crippen LogP contribution in [-0.2, 0) is 17.9 Å². The first-order chi connectivity index (χ1) is 14.8. The summed E-state index contributed by atoms with van der Waals surface area (Å²) in [6.45, 7) is 1.63. The normalized spacial score (nSPS) is 16.9. The van der Waals surface area contributed by atoms with E-state index in [1.54, 1.807) is 17.9 Å². The number of carbonyl (C=O) groups is 2. The molecule has 1 saturated heterocycles. The van der Waals surface area contributed by atoms with E-state index in [1.807, 2.05) is 0 Å². The van der Waals surface area contributed by atoms with Crippen LogP contribution >= 0.6 is 0 Å². The standard InChI is InChI=1S/C21H26FN5O4/c1-2-26-20(30)17(16(28)12-25-10-6-5-9-15(25)19(24)29)18(23)27(21(26)31)11-13-7-3-4-8-14(13)22/h3-4,7-8,15H,2,5-6,9-12,23H2,1H3,(H2,24,29)/t15-/m1/s1. The lowest BCUT2D eigenvalue weighted by molar-refractivity contribution is -0.124. The predicted molar refractivity (Wildman–Crippen MR) is 113 cm³/mol. The van der Waals surface area contributed by atoms with Crippen LogP contribution in [-0.4, -0.2) is 44.9 Å². The topological polar surface area (TPSA) is 133 Å². The summed E-state index contributed by atoms with van der Waals surface area (Å²) < 4.78 is 16.1. The molecule has 0 unspecified atom stereocenters. The van der Waals surface area contributed by atoms with Crippen molar-refractivity contribution in [2.75, 3.05) is 18.8 Å². The van der Waals surface area contributed by atoms with Crippen LogP contribution in [0.3, 0.4) is 0 Å². The van der Waals surface area contributed by atoms with E-state index in [9.17, 15) is 23.6 Å². The summed E-state index contributed by atoms with van der Waals surface area (Å²) >= 11 is 0. The molecule has 0 saturated carbocycles. The highest BCUT2D eigenvalue weighted by Crippen LogP contribution is 2.18. The molecule has 2 heterocycles. The third kappa shape index (κ3) is 4.43. The smallest absolute Gasteiger partial charge is 0.332 e. The number of rotatable bonds is 7. The summed E-state index contributed by atoms with van der Waals surface area (Å²) in [5.74, 6) is -2.00. The Hall–Kier alpha value is -3.27. The fourth-order valence-corrected chi connectivity index (χ4v) is 3.97. The number of halogens is 1. The molecule has 1 aromatic carbocycles. The zero-order chi connectivity index (χ0) is 22.7. The molecule has 9 nitrogen and oxygen atoms in total. The van der Waals surface area contributed by atoms with Gasteiger partial charge in [-0.05, 0) is 32.4 Å². The fraction of sp³-hybridized carbons (Fsp3) is 0.429. The van der Waals surface area contributed by atoms with E-state index in [0.29, 0.717) is 13.0 Å². The van der Waals surface area contributed by atoms with Crippen molar-refractivity contribution in [1.29, 1.82) is 0 Å². The Bertz CT molecular complexity index is 1120. The molecular formula is C21H26FN5O4. The van der Waals surface area contributed by atoms with E-state index >= 15 is 0 Å². The van der Waals surface area contributed by atoms with Gasteiger partial charge in [0.25, 0.3) is 5.56 Å². The summed E-state index contributed by atoms with van der Waals surface area (Å²) in [7, 11) is 0. The quantitative estimate of drug-likeness (QED) is 0.607. The van der Waals surface area contributed by atoms with Gasteiger partial charge in [-0.15, -0.1) is 0 Å². The molecule has 1 aromatic heterocycles. The van der Waals surface area contributed by atoms with Gasteiger partial charge in [0.05, 0.1) is 19.1 Å². The number of carbonyl (C=O) groups excluding carboxylic acids is 2. The second-order valence-electron chi connectivity index (χ2n) is 7.58. The Labute approximate surface area is 178 Å². The summed E-state index contributed by atoms with van der Waals surface area (Å²) in [6, 6.07) is 5.27. The number of piperidine rings is 1. The molecule has 166 valence electrons. The summed E-state index contributed by atoms with van der Waals surface area (Å²) in [5, 5.41) is 0. The maximum atomic E-state index is 14.1. The molecular weight excluding hydrogens is 405 g/mol. The minimum Gasteiger partial charge on any atom is -0.384 e. The van der Waals surface area contributed by atoms with Crippen LogP contribution in [0.1, 0.15) is 42.1 Å². The molecule has 3 rings (SSSR count). The Kier molecular flexibility index (Phi) is 6.69. The first-order valence-electron chi connectivity index (χ1n) is 10.2. The lowest BCUT2D eigenvalue weighted by atomic mass is 10.0. The summed E-state index contributed by atoms with van der Waals surface area (Å²) in [4.78, 5) is 52.2. The Morgan fingerprint density at radius 2 is 1.87 bits per heavy atom. The zero-order valence-corrected chi connectivity index (χ0v) is 17.3. The number of nitrogen functional groups attached to an aromatic ring is 1. The van der Waals surface area contributed by atoms with E-state index in [1.165, 1.54) is 18.2 Å². The summed E-state index contributed by atoms with van der Waals surface area (Å²) in [6.07, 6.45) is 2.14. The number of amides is 1. The van der Waals surface area contributed by atoms with Gasteiger partial charge in [0.2, 0.25) is 5.91 Å². The van der Waals surface area contributed by atoms with Crippen molar-refractivity contribution in [1.82, 2.24) is 14.0 Å². The van der Waals surface area contributed by atoms with Crippen molar-refractivity contribution < 1.29 is 14.0 Å². The van der Waals surface area contributed by atoms with Crippen molar-refractivity contribution in [2.45, 2.75) is 45.3 Å². The average molecular weight is 431 g/mol. The van der Waals surface area contributed by atoms with Gasteiger partial charge in [-0.3, -0.25) is 28.4 Å². The molecule has 1 amide bonds. The second-order valence-corrected chi connectivity index (χ2v) is 7.58. The number of nitrogens with zero attached hydrogens (tertiary/aromatic N) is 3. The number of likely N-dealkylation sites (tertiary alicyclic amines) is 1. The molecule has 0 radical (unpaired) electrons. The van der Waals surface area contributed by atoms with Crippen molar-refractivity contribution >= 4 is 17.5 Å². The Balaban J connectivity index is 2.04. The van der Waals surface area contributed by atoms with Gasteiger partial charge in [-0.2, -0.15) is 0 Å². The van der Waals surface area contributed by atoms with Gasteiger partial charge in [0.15, 0.2) is 5.78 Å². The number of aromatic nitrogens is 2. The highest BCUT2D eigenvalue weighted by molar-refractivity contribution is 6.01. The monoisotopic (exact) mass is 431 g/mol. The van der Waals surface area contributed by atoms with Crippen molar-refractivity contribution in [3.8, 4) is 0 Å². The summed E-state index contributed by atoms with van der Waals surface area (Å²) in [5.41, 5.74) is 9.89. The van der Waals surface area contributed by atoms with Crippen LogP contribution in [0.25, 0.3) is 0 Å². The van der Waals surface area contributed by atoms with E-state index in [0.717, 1.165) is 22.0 Å². The van der Waals surface area contributed by atoms with Gasteiger partial charge in [0, 0.05) is 12.1 Å². The molecule has 2 aromatic rings. The van der Waals surface area contributed by atoms with Gasteiger partial charge >= 0.3 is 5.69 Å².